The fourth-order valence-corrected chi connectivity index (χ4v) is 0.776. The zero-order valence-electron chi connectivity index (χ0n) is 6.41. The van der Waals surface area contributed by atoms with E-state index in [9.17, 15) is 9.18 Å². The van der Waals surface area contributed by atoms with E-state index in [0.29, 0.717) is 0 Å². The van der Waals surface area contributed by atoms with Crippen LogP contribution in [0.25, 0.3) is 0 Å². The average molecular weight is 170 g/mol. The van der Waals surface area contributed by atoms with Gasteiger partial charge in [0.25, 0.3) is 6.47 Å². The molecule has 64 valence electrons. The van der Waals surface area contributed by atoms with E-state index in [4.69, 9.17) is 0 Å². The Kier molecular flexibility index (Phi) is 2.63. The first-order valence-electron chi connectivity index (χ1n) is 3.21. The minimum Gasteiger partial charge on any atom is -0.494 e. The van der Waals surface area contributed by atoms with Crippen LogP contribution in [0.1, 0.15) is 0 Å². The highest BCUT2D eigenvalue weighted by Crippen LogP contribution is 2.21. The lowest BCUT2D eigenvalue weighted by Gasteiger charge is -2.02. The van der Waals surface area contributed by atoms with Crippen molar-refractivity contribution >= 4 is 6.47 Å². The zero-order valence-corrected chi connectivity index (χ0v) is 6.41. The highest BCUT2D eigenvalue weighted by molar-refractivity contribution is 5.46. The molecule has 0 atom stereocenters. The van der Waals surface area contributed by atoms with Gasteiger partial charge in [0, 0.05) is 6.07 Å². The molecule has 0 aromatic heterocycles. The Hall–Kier alpha value is -1.58. The lowest BCUT2D eigenvalue weighted by Crippen LogP contribution is -1.91. The molecule has 0 amide bonds. The third-order valence-electron chi connectivity index (χ3n) is 1.31. The fraction of sp³-hybridized carbons (Fsp3) is 0.125. The quantitative estimate of drug-likeness (QED) is 0.642. The highest BCUT2D eigenvalue weighted by atomic mass is 19.1. The van der Waals surface area contributed by atoms with E-state index in [1.165, 1.54) is 19.2 Å². The summed E-state index contributed by atoms with van der Waals surface area (Å²) < 4.78 is 21.9. The number of ether oxygens (including phenoxy) is 2. The topological polar surface area (TPSA) is 35.5 Å². The van der Waals surface area contributed by atoms with Gasteiger partial charge in [-0.3, -0.25) is 4.79 Å². The minimum atomic E-state index is -0.558. The Bertz CT molecular complexity index is 286. The van der Waals surface area contributed by atoms with Crippen molar-refractivity contribution in [2.45, 2.75) is 0 Å². The van der Waals surface area contributed by atoms with E-state index >= 15 is 0 Å². The van der Waals surface area contributed by atoms with Gasteiger partial charge in [-0.2, -0.15) is 0 Å². The Morgan fingerprint density at radius 2 is 2.25 bits per heavy atom. The largest absolute Gasteiger partial charge is 0.494 e. The first-order valence-corrected chi connectivity index (χ1v) is 3.21. The minimum absolute atomic E-state index is 0.119. The molecule has 1 aromatic rings. The van der Waals surface area contributed by atoms with Crippen LogP contribution in [0.15, 0.2) is 18.2 Å². The number of hydrogen-bond donors (Lipinski definition) is 0. The molecule has 12 heavy (non-hydrogen) atoms. The van der Waals surface area contributed by atoms with Crippen LogP contribution in [0, 0.1) is 5.82 Å². The smallest absolute Gasteiger partial charge is 0.298 e. The number of benzene rings is 1. The monoisotopic (exact) mass is 170 g/mol. The summed E-state index contributed by atoms with van der Waals surface area (Å²) in [5, 5.41) is 0. The number of carbonyl (C=O) groups excluding carboxylic acids is 1. The van der Waals surface area contributed by atoms with E-state index < -0.39 is 5.82 Å². The molecule has 0 bridgehead atoms. The molecule has 0 aliphatic heterocycles. The summed E-state index contributed by atoms with van der Waals surface area (Å²) in [5.74, 6) is -0.284. The second-order valence-corrected chi connectivity index (χ2v) is 2.01. The molecule has 0 fully saturated rings. The van der Waals surface area contributed by atoms with Gasteiger partial charge in [0.1, 0.15) is 5.75 Å². The van der Waals surface area contributed by atoms with Gasteiger partial charge in [-0.15, -0.1) is 0 Å². The molecule has 0 spiro atoms. The van der Waals surface area contributed by atoms with Gasteiger partial charge in [-0.1, -0.05) is 0 Å². The molecular formula is C8H7FO3. The van der Waals surface area contributed by atoms with E-state index in [1.54, 1.807) is 0 Å². The van der Waals surface area contributed by atoms with Crippen molar-refractivity contribution in [2.24, 2.45) is 0 Å². The molecule has 0 aliphatic carbocycles. The number of hydrogen-bond acceptors (Lipinski definition) is 3. The van der Waals surface area contributed by atoms with Crippen molar-refractivity contribution in [1.29, 1.82) is 0 Å². The van der Waals surface area contributed by atoms with Crippen LogP contribution in [0.4, 0.5) is 4.39 Å². The van der Waals surface area contributed by atoms with Gasteiger partial charge in [-0.25, -0.2) is 4.39 Å². The summed E-state index contributed by atoms with van der Waals surface area (Å²) in [4.78, 5) is 9.86. The summed E-state index contributed by atoms with van der Waals surface area (Å²) in [7, 11) is 1.36. The number of carbonyl (C=O) groups is 1. The van der Waals surface area contributed by atoms with Crippen LogP contribution in [-0.2, 0) is 4.79 Å². The highest BCUT2D eigenvalue weighted by Gasteiger charge is 2.02. The third-order valence-corrected chi connectivity index (χ3v) is 1.31. The van der Waals surface area contributed by atoms with E-state index in [-0.39, 0.29) is 18.0 Å². The van der Waals surface area contributed by atoms with Crippen molar-refractivity contribution in [3.05, 3.63) is 24.0 Å². The van der Waals surface area contributed by atoms with E-state index in [1.807, 2.05) is 0 Å². The van der Waals surface area contributed by atoms with Crippen LogP contribution in [0.5, 0.6) is 11.5 Å². The molecule has 1 rings (SSSR count). The second-order valence-electron chi connectivity index (χ2n) is 2.01. The number of halogens is 1. The van der Waals surface area contributed by atoms with Crippen molar-refractivity contribution in [1.82, 2.24) is 0 Å². The van der Waals surface area contributed by atoms with Gasteiger partial charge in [0.2, 0.25) is 0 Å². The van der Waals surface area contributed by atoms with Crippen molar-refractivity contribution in [3.8, 4) is 11.5 Å². The Morgan fingerprint density at radius 3 is 2.75 bits per heavy atom. The molecule has 4 heteroatoms. The summed E-state index contributed by atoms with van der Waals surface area (Å²) in [5.41, 5.74) is 0. The maximum absolute atomic E-state index is 12.9. The predicted molar refractivity (Wildman–Crippen MR) is 39.6 cm³/mol. The molecule has 0 aliphatic rings. The fourth-order valence-electron chi connectivity index (χ4n) is 0.776. The maximum Gasteiger partial charge on any atom is 0.298 e. The van der Waals surface area contributed by atoms with Crippen LogP contribution >= 0.6 is 0 Å². The van der Waals surface area contributed by atoms with E-state index in [2.05, 4.69) is 9.47 Å². The summed E-state index contributed by atoms with van der Waals surface area (Å²) in [6, 6.07) is 3.90. The molecular weight excluding hydrogens is 163 g/mol. The molecule has 1 aromatic carbocycles. The maximum atomic E-state index is 12.9. The predicted octanol–water partition coefficient (Wildman–Crippen LogP) is 1.37. The Labute approximate surface area is 68.7 Å². The van der Waals surface area contributed by atoms with Gasteiger partial charge >= 0.3 is 0 Å². The molecule has 3 nitrogen and oxygen atoms in total. The zero-order chi connectivity index (χ0) is 8.97. The SMILES string of the molecule is COc1ccc(OC=O)cc1F. The van der Waals surface area contributed by atoms with E-state index in [0.717, 1.165) is 6.07 Å². The lowest BCUT2D eigenvalue weighted by molar-refractivity contribution is -0.120. The second kappa shape index (κ2) is 3.71. The van der Waals surface area contributed by atoms with Gasteiger partial charge in [0.05, 0.1) is 7.11 Å². The molecule has 0 unspecified atom stereocenters. The standard InChI is InChI=1S/C8H7FO3/c1-11-8-3-2-6(12-5-10)4-7(8)9/h2-5H,1H3. The number of rotatable bonds is 3. The van der Waals surface area contributed by atoms with Crippen LogP contribution in [0.2, 0.25) is 0 Å². The Balaban J connectivity index is 2.93. The van der Waals surface area contributed by atoms with Crippen molar-refractivity contribution in [3.63, 3.8) is 0 Å². The molecule has 0 radical (unpaired) electrons. The van der Waals surface area contributed by atoms with Crippen LogP contribution in [-0.4, -0.2) is 13.6 Å². The summed E-state index contributed by atoms with van der Waals surface area (Å²) >= 11 is 0. The molecule has 0 heterocycles. The van der Waals surface area contributed by atoms with Crippen LogP contribution in [0.3, 0.4) is 0 Å². The molecule has 0 saturated heterocycles. The van der Waals surface area contributed by atoms with Gasteiger partial charge < -0.3 is 9.47 Å². The molecule has 0 saturated carbocycles. The molecule has 0 N–H and O–H groups in total. The average Bonchev–Trinajstić information content (AvgIpc) is 2.05. The lowest BCUT2D eigenvalue weighted by atomic mass is 10.3. The van der Waals surface area contributed by atoms with Crippen molar-refractivity contribution in [2.75, 3.05) is 7.11 Å². The normalized spacial score (nSPS) is 9.17. The van der Waals surface area contributed by atoms with Gasteiger partial charge in [0.15, 0.2) is 11.6 Å². The van der Waals surface area contributed by atoms with Crippen LogP contribution < -0.4 is 9.47 Å². The summed E-state index contributed by atoms with van der Waals surface area (Å²) in [6.07, 6.45) is 0. The first-order chi connectivity index (χ1) is 5.77. The summed E-state index contributed by atoms with van der Waals surface area (Å²) in [6.45, 7) is 0.237. The first kappa shape index (κ1) is 8.52. The Morgan fingerprint density at radius 1 is 1.50 bits per heavy atom. The third kappa shape index (κ3) is 1.72. The van der Waals surface area contributed by atoms with Gasteiger partial charge in [-0.05, 0) is 12.1 Å². The van der Waals surface area contributed by atoms with Crippen molar-refractivity contribution < 1.29 is 18.7 Å². The number of methoxy groups -OCH3 is 1.